The van der Waals surface area contributed by atoms with Crippen LogP contribution in [0.15, 0.2) is 18.2 Å². The highest BCUT2D eigenvalue weighted by Crippen LogP contribution is 2.36. The largest absolute Gasteiger partial charge is 0.490 e. The van der Waals surface area contributed by atoms with Crippen molar-refractivity contribution in [3.8, 4) is 5.75 Å². The van der Waals surface area contributed by atoms with E-state index in [0.717, 1.165) is 29.2 Å². The molecule has 0 saturated heterocycles. The average molecular weight is 268 g/mol. The van der Waals surface area contributed by atoms with E-state index in [1.54, 1.807) is 0 Å². The lowest BCUT2D eigenvalue weighted by molar-refractivity contribution is 0.146. The first-order valence-electron chi connectivity index (χ1n) is 6.92. The van der Waals surface area contributed by atoms with Crippen molar-refractivity contribution in [1.82, 2.24) is 0 Å². The molecule has 2 rings (SSSR count). The van der Waals surface area contributed by atoms with Crippen molar-refractivity contribution >= 4 is 11.6 Å². The zero-order valence-corrected chi connectivity index (χ0v) is 11.7. The maximum absolute atomic E-state index is 6.20. The second-order valence-electron chi connectivity index (χ2n) is 5.11. The van der Waals surface area contributed by atoms with E-state index in [9.17, 15) is 0 Å². The molecule has 0 aromatic heterocycles. The Kier molecular flexibility index (Phi) is 4.90. The number of halogens is 1. The predicted molar refractivity (Wildman–Crippen MR) is 76.2 cm³/mol. The average Bonchev–Trinajstić information content (AvgIpc) is 2.36. The summed E-state index contributed by atoms with van der Waals surface area (Å²) in [5.41, 5.74) is 7.25. The number of fused-ring (bicyclic) bond motifs is 1. The van der Waals surface area contributed by atoms with Gasteiger partial charge in [0.2, 0.25) is 0 Å². The molecule has 1 heterocycles. The van der Waals surface area contributed by atoms with Gasteiger partial charge in [-0.2, -0.15) is 0 Å². The van der Waals surface area contributed by atoms with Crippen LogP contribution in [0.1, 0.15) is 57.1 Å². The summed E-state index contributed by atoms with van der Waals surface area (Å²) >= 11 is 5.99. The molecule has 0 spiro atoms. The number of unbranched alkanes of at least 4 members (excludes halogenated alkanes) is 3. The number of nitrogens with two attached hydrogens (primary N) is 1. The van der Waals surface area contributed by atoms with E-state index >= 15 is 0 Å². The number of ether oxygens (including phenoxy) is 1. The summed E-state index contributed by atoms with van der Waals surface area (Å²) in [7, 11) is 0. The molecule has 1 aromatic carbocycles. The van der Waals surface area contributed by atoms with E-state index < -0.39 is 0 Å². The Hall–Kier alpha value is -0.730. The quantitative estimate of drug-likeness (QED) is 0.800. The fourth-order valence-corrected chi connectivity index (χ4v) is 2.71. The van der Waals surface area contributed by atoms with Crippen LogP contribution in [0.2, 0.25) is 5.02 Å². The molecule has 100 valence electrons. The third-order valence-corrected chi connectivity index (χ3v) is 3.80. The second-order valence-corrected chi connectivity index (χ2v) is 5.55. The van der Waals surface area contributed by atoms with Gasteiger partial charge in [-0.1, -0.05) is 37.8 Å². The first-order chi connectivity index (χ1) is 8.70. The van der Waals surface area contributed by atoms with Gasteiger partial charge in [-0.15, -0.1) is 0 Å². The molecule has 0 bridgehead atoms. The Morgan fingerprint density at radius 3 is 2.94 bits per heavy atom. The minimum atomic E-state index is 0.0589. The summed E-state index contributed by atoms with van der Waals surface area (Å²) in [6.07, 6.45) is 7.38. The lowest BCUT2D eigenvalue weighted by Gasteiger charge is -2.30. The van der Waals surface area contributed by atoms with E-state index in [-0.39, 0.29) is 12.1 Å². The molecule has 18 heavy (non-hydrogen) atoms. The van der Waals surface area contributed by atoms with Gasteiger partial charge in [0.05, 0.1) is 0 Å². The first kappa shape index (κ1) is 13.7. The Morgan fingerprint density at radius 2 is 2.17 bits per heavy atom. The van der Waals surface area contributed by atoms with E-state index in [2.05, 4.69) is 6.92 Å². The summed E-state index contributed by atoms with van der Waals surface area (Å²) < 4.78 is 6.00. The third kappa shape index (κ3) is 3.39. The van der Waals surface area contributed by atoms with Crippen LogP contribution in [0.25, 0.3) is 0 Å². The molecule has 0 saturated carbocycles. The smallest absolute Gasteiger partial charge is 0.124 e. The Bertz CT molecular complexity index is 394. The molecule has 1 aliphatic rings. The molecule has 0 radical (unpaired) electrons. The van der Waals surface area contributed by atoms with Crippen LogP contribution in [0.3, 0.4) is 0 Å². The lowest BCUT2D eigenvalue weighted by Crippen LogP contribution is -2.29. The van der Waals surface area contributed by atoms with Crippen molar-refractivity contribution in [3.05, 3.63) is 28.8 Å². The molecule has 2 N–H and O–H groups in total. The number of rotatable bonds is 5. The first-order valence-corrected chi connectivity index (χ1v) is 7.30. The number of hydrogen-bond donors (Lipinski definition) is 1. The van der Waals surface area contributed by atoms with Crippen molar-refractivity contribution in [3.63, 3.8) is 0 Å². The van der Waals surface area contributed by atoms with Gasteiger partial charge in [0.25, 0.3) is 0 Å². The third-order valence-electron chi connectivity index (χ3n) is 3.56. The molecule has 0 fully saturated rings. The predicted octanol–water partition coefficient (Wildman–Crippen LogP) is 4.46. The van der Waals surface area contributed by atoms with Crippen molar-refractivity contribution < 1.29 is 4.74 Å². The maximum atomic E-state index is 6.20. The Labute approximate surface area is 114 Å². The summed E-state index contributed by atoms with van der Waals surface area (Å²) in [6, 6.07) is 5.79. The van der Waals surface area contributed by atoms with Crippen LogP contribution in [0.5, 0.6) is 5.75 Å². The minimum Gasteiger partial charge on any atom is -0.490 e. The molecule has 2 nitrogen and oxygen atoms in total. The Balaban J connectivity index is 1.93. The van der Waals surface area contributed by atoms with E-state index in [4.69, 9.17) is 22.1 Å². The summed E-state index contributed by atoms with van der Waals surface area (Å²) in [5, 5.41) is 0.731. The lowest BCUT2D eigenvalue weighted by atomic mass is 9.94. The molecular weight excluding hydrogens is 246 g/mol. The van der Waals surface area contributed by atoms with Gasteiger partial charge in [0, 0.05) is 23.0 Å². The normalized spacial score (nSPS) is 22.4. The second kappa shape index (κ2) is 6.44. The molecule has 0 amide bonds. The van der Waals surface area contributed by atoms with Crippen LogP contribution in [-0.4, -0.2) is 6.10 Å². The van der Waals surface area contributed by atoms with Gasteiger partial charge < -0.3 is 10.5 Å². The molecule has 1 unspecified atom stereocenters. The monoisotopic (exact) mass is 267 g/mol. The number of hydrogen-bond acceptors (Lipinski definition) is 2. The fourth-order valence-electron chi connectivity index (χ4n) is 2.53. The molecule has 1 aromatic rings. The van der Waals surface area contributed by atoms with E-state index in [1.165, 1.54) is 25.7 Å². The van der Waals surface area contributed by atoms with Crippen LogP contribution in [0.4, 0.5) is 0 Å². The van der Waals surface area contributed by atoms with Gasteiger partial charge in [-0.25, -0.2) is 0 Å². The van der Waals surface area contributed by atoms with Gasteiger partial charge in [0.15, 0.2) is 0 Å². The molecule has 0 aliphatic carbocycles. The zero-order valence-electron chi connectivity index (χ0n) is 11.0. The summed E-state index contributed by atoms with van der Waals surface area (Å²) in [4.78, 5) is 0. The van der Waals surface area contributed by atoms with Gasteiger partial charge in [-0.05, 0) is 31.0 Å². The van der Waals surface area contributed by atoms with Gasteiger partial charge >= 0.3 is 0 Å². The standard InChI is InChI=1S/C15H22ClNO/c1-2-3-4-5-6-12-10-14(17)13-9-11(16)7-8-15(13)18-12/h7-9,12,14H,2-6,10,17H2,1H3/t12?,14-/m1/s1. The SMILES string of the molecule is CCCCCCC1C[C@@H](N)c2cc(Cl)ccc2O1. The summed E-state index contributed by atoms with van der Waals surface area (Å²) in [6.45, 7) is 2.23. The van der Waals surface area contributed by atoms with E-state index in [0.29, 0.717) is 0 Å². The summed E-state index contributed by atoms with van der Waals surface area (Å²) in [5.74, 6) is 0.915. The van der Waals surface area contributed by atoms with Crippen molar-refractivity contribution in [1.29, 1.82) is 0 Å². The van der Waals surface area contributed by atoms with E-state index in [1.807, 2.05) is 18.2 Å². The Morgan fingerprint density at radius 1 is 1.33 bits per heavy atom. The van der Waals surface area contributed by atoms with Crippen LogP contribution >= 0.6 is 11.6 Å². The fraction of sp³-hybridized carbons (Fsp3) is 0.600. The van der Waals surface area contributed by atoms with Crippen LogP contribution < -0.4 is 10.5 Å². The number of benzene rings is 1. The highest BCUT2D eigenvalue weighted by molar-refractivity contribution is 6.30. The maximum Gasteiger partial charge on any atom is 0.124 e. The van der Waals surface area contributed by atoms with Crippen LogP contribution in [0, 0.1) is 0 Å². The molecular formula is C15H22ClNO. The van der Waals surface area contributed by atoms with Crippen molar-refractivity contribution in [2.75, 3.05) is 0 Å². The highest BCUT2D eigenvalue weighted by Gasteiger charge is 2.25. The molecule has 2 atom stereocenters. The van der Waals surface area contributed by atoms with Crippen molar-refractivity contribution in [2.45, 2.75) is 57.6 Å². The minimum absolute atomic E-state index is 0.0589. The topological polar surface area (TPSA) is 35.2 Å². The zero-order chi connectivity index (χ0) is 13.0. The molecule has 1 aliphatic heterocycles. The molecule has 3 heteroatoms. The van der Waals surface area contributed by atoms with Gasteiger partial charge in [-0.3, -0.25) is 0 Å². The van der Waals surface area contributed by atoms with Gasteiger partial charge in [0.1, 0.15) is 11.9 Å². The highest BCUT2D eigenvalue weighted by atomic mass is 35.5. The van der Waals surface area contributed by atoms with Crippen molar-refractivity contribution in [2.24, 2.45) is 5.73 Å². The van der Waals surface area contributed by atoms with Crippen LogP contribution in [-0.2, 0) is 0 Å².